The summed E-state index contributed by atoms with van der Waals surface area (Å²) in [5, 5.41) is 9.80. The van der Waals surface area contributed by atoms with Gasteiger partial charge in [0.1, 0.15) is 18.2 Å². The van der Waals surface area contributed by atoms with Crippen molar-refractivity contribution in [1.29, 1.82) is 0 Å². The van der Waals surface area contributed by atoms with Gasteiger partial charge in [-0.2, -0.15) is 0 Å². The number of hydrogen-bond donors (Lipinski definition) is 1. The summed E-state index contributed by atoms with van der Waals surface area (Å²) >= 11 is 0. The fraction of sp³-hybridized carbons (Fsp3) is 0.300. The Balaban J connectivity index is 2.22. The van der Waals surface area contributed by atoms with E-state index in [0.717, 1.165) is 5.39 Å². The molecule has 0 amide bonds. The van der Waals surface area contributed by atoms with Gasteiger partial charge in [-0.3, -0.25) is 4.79 Å². The number of rotatable bonds is 6. The molecule has 0 spiro atoms. The highest BCUT2D eigenvalue weighted by Crippen LogP contribution is 2.35. The van der Waals surface area contributed by atoms with Crippen LogP contribution in [0.5, 0.6) is 5.75 Å². The quantitative estimate of drug-likeness (QED) is 0.701. The first-order chi connectivity index (χ1) is 13.3. The first-order valence-electron chi connectivity index (χ1n) is 8.69. The molecule has 0 fully saturated rings. The zero-order chi connectivity index (χ0) is 20.4. The average molecular weight is 389 g/mol. The number of nitrogens with zero attached hydrogens (tertiary/aromatic N) is 3. The van der Waals surface area contributed by atoms with Crippen molar-refractivity contribution in [2.24, 2.45) is 7.05 Å². The highest BCUT2D eigenvalue weighted by atomic mass is 19.3. The van der Waals surface area contributed by atoms with E-state index in [0.29, 0.717) is 28.3 Å². The minimum atomic E-state index is -2.60. The molecular formula is C20H21F2N3O3. The van der Waals surface area contributed by atoms with Gasteiger partial charge in [0.25, 0.3) is 12.0 Å². The highest BCUT2D eigenvalue weighted by molar-refractivity contribution is 5.95. The molecule has 3 aromatic rings. The van der Waals surface area contributed by atoms with E-state index in [9.17, 15) is 13.6 Å². The largest absolute Gasteiger partial charge is 0.491 e. The molecule has 0 aliphatic heterocycles. The molecule has 0 unspecified atom stereocenters. The van der Waals surface area contributed by atoms with E-state index in [4.69, 9.17) is 9.84 Å². The maximum absolute atomic E-state index is 13.1. The Morgan fingerprint density at radius 1 is 1.29 bits per heavy atom. The molecule has 3 rings (SSSR count). The lowest BCUT2D eigenvalue weighted by Gasteiger charge is -2.23. The number of ether oxygens (including phenoxy) is 1. The monoisotopic (exact) mass is 389 g/mol. The fourth-order valence-corrected chi connectivity index (χ4v) is 3.08. The molecule has 1 aromatic carbocycles. The molecule has 0 aliphatic carbocycles. The molecule has 0 radical (unpaired) electrons. The Labute approximate surface area is 160 Å². The molecule has 0 bridgehead atoms. The van der Waals surface area contributed by atoms with E-state index in [2.05, 4.69) is 4.98 Å². The maximum Gasteiger partial charge on any atom is 0.264 e. The molecule has 1 N–H and O–H groups in total. The summed E-state index contributed by atoms with van der Waals surface area (Å²) in [6.45, 7) is 1.65. The standard InChI is InChI=1S/C20H21F2N3O3/c1-12-8-15-16(24(2)18-9-13(19(21)22)4-5-23-18)10-14(28-7-6-26)11-17(15)25(3)20(12)27/h4-5,8-11,19,26H,6-7H2,1-3H3. The summed E-state index contributed by atoms with van der Waals surface area (Å²) in [5.41, 5.74) is 1.56. The minimum Gasteiger partial charge on any atom is -0.491 e. The number of aliphatic hydroxyl groups is 1. The number of pyridine rings is 2. The molecule has 2 heterocycles. The lowest BCUT2D eigenvalue weighted by molar-refractivity contribution is 0.151. The van der Waals surface area contributed by atoms with Gasteiger partial charge in [-0.05, 0) is 25.1 Å². The van der Waals surface area contributed by atoms with Gasteiger partial charge in [-0.15, -0.1) is 0 Å². The van der Waals surface area contributed by atoms with Crippen LogP contribution in [0.2, 0.25) is 0 Å². The van der Waals surface area contributed by atoms with Crippen LogP contribution >= 0.6 is 0 Å². The number of alkyl halides is 2. The van der Waals surface area contributed by atoms with E-state index in [1.54, 1.807) is 44.1 Å². The second kappa shape index (κ2) is 7.93. The zero-order valence-electron chi connectivity index (χ0n) is 15.8. The van der Waals surface area contributed by atoms with E-state index < -0.39 is 6.43 Å². The highest BCUT2D eigenvalue weighted by Gasteiger charge is 2.17. The molecule has 148 valence electrons. The maximum atomic E-state index is 13.1. The molecule has 8 heteroatoms. The number of fused-ring (bicyclic) bond motifs is 1. The number of benzene rings is 1. The van der Waals surface area contributed by atoms with Gasteiger partial charge >= 0.3 is 0 Å². The van der Waals surface area contributed by atoms with Gasteiger partial charge in [0.2, 0.25) is 0 Å². The lowest BCUT2D eigenvalue weighted by atomic mass is 10.1. The third-order valence-electron chi connectivity index (χ3n) is 4.56. The van der Waals surface area contributed by atoms with Crippen LogP contribution in [0.25, 0.3) is 10.9 Å². The summed E-state index contributed by atoms with van der Waals surface area (Å²) in [5.74, 6) is 0.789. The summed E-state index contributed by atoms with van der Waals surface area (Å²) in [4.78, 5) is 18.2. The molecule has 0 saturated carbocycles. The molecular weight excluding hydrogens is 368 g/mol. The predicted octanol–water partition coefficient (Wildman–Crippen LogP) is 3.32. The topological polar surface area (TPSA) is 67.6 Å². The van der Waals surface area contributed by atoms with Gasteiger partial charge in [-0.25, -0.2) is 13.8 Å². The normalized spacial score (nSPS) is 11.2. The predicted molar refractivity (Wildman–Crippen MR) is 104 cm³/mol. The van der Waals surface area contributed by atoms with E-state index >= 15 is 0 Å². The van der Waals surface area contributed by atoms with E-state index in [-0.39, 0.29) is 24.3 Å². The van der Waals surface area contributed by atoms with Crippen LogP contribution in [-0.2, 0) is 7.05 Å². The van der Waals surface area contributed by atoms with Gasteiger partial charge in [0.15, 0.2) is 0 Å². The first kappa shape index (κ1) is 19.8. The van der Waals surface area contributed by atoms with Crippen LogP contribution < -0.4 is 15.2 Å². The third kappa shape index (κ3) is 3.68. The Hall–Kier alpha value is -3.00. The number of halogens is 2. The van der Waals surface area contributed by atoms with Crippen LogP contribution in [0.1, 0.15) is 17.6 Å². The zero-order valence-corrected chi connectivity index (χ0v) is 15.8. The number of aliphatic hydroxyl groups excluding tert-OH is 1. The summed E-state index contributed by atoms with van der Waals surface area (Å²) in [7, 11) is 3.37. The molecule has 0 atom stereocenters. The minimum absolute atomic E-state index is 0.0909. The van der Waals surface area contributed by atoms with Gasteiger partial charge in [0, 0.05) is 48.9 Å². The van der Waals surface area contributed by atoms with Crippen molar-refractivity contribution in [2.75, 3.05) is 25.2 Å². The number of hydrogen-bond acceptors (Lipinski definition) is 5. The van der Waals surface area contributed by atoms with Gasteiger partial charge in [0.05, 0.1) is 17.8 Å². The average Bonchev–Trinajstić information content (AvgIpc) is 2.70. The van der Waals surface area contributed by atoms with Crippen molar-refractivity contribution in [1.82, 2.24) is 9.55 Å². The smallest absolute Gasteiger partial charge is 0.264 e. The van der Waals surface area contributed by atoms with Crippen LogP contribution in [0.3, 0.4) is 0 Å². The van der Waals surface area contributed by atoms with Gasteiger partial charge in [-0.1, -0.05) is 0 Å². The van der Waals surface area contributed by atoms with Crippen LogP contribution in [0.4, 0.5) is 20.3 Å². The molecule has 28 heavy (non-hydrogen) atoms. The van der Waals surface area contributed by atoms with Crippen LogP contribution in [0.15, 0.2) is 41.3 Å². The Morgan fingerprint density at radius 3 is 2.71 bits per heavy atom. The summed E-state index contributed by atoms with van der Waals surface area (Å²) in [6.07, 6.45) is -1.27. The van der Waals surface area contributed by atoms with Crippen molar-refractivity contribution in [2.45, 2.75) is 13.3 Å². The molecule has 0 saturated heterocycles. The number of aryl methyl sites for hydroxylation is 2. The van der Waals surface area contributed by atoms with Crippen molar-refractivity contribution >= 4 is 22.4 Å². The van der Waals surface area contributed by atoms with Crippen molar-refractivity contribution < 1.29 is 18.6 Å². The van der Waals surface area contributed by atoms with Crippen LogP contribution in [-0.4, -0.2) is 34.9 Å². The number of aromatic nitrogens is 2. The van der Waals surface area contributed by atoms with Crippen molar-refractivity contribution in [3.8, 4) is 5.75 Å². The summed E-state index contributed by atoms with van der Waals surface area (Å²) < 4.78 is 33.2. The van der Waals surface area contributed by atoms with Gasteiger partial charge < -0.3 is 19.3 Å². The Kier molecular flexibility index (Phi) is 5.60. The number of anilines is 2. The van der Waals surface area contributed by atoms with Crippen molar-refractivity contribution in [3.05, 3.63) is 58.0 Å². The molecule has 0 aliphatic rings. The second-order valence-corrected chi connectivity index (χ2v) is 6.45. The lowest BCUT2D eigenvalue weighted by Crippen LogP contribution is -2.20. The van der Waals surface area contributed by atoms with E-state index in [1.807, 2.05) is 0 Å². The van der Waals surface area contributed by atoms with E-state index in [1.165, 1.54) is 22.9 Å². The fourth-order valence-electron chi connectivity index (χ4n) is 3.08. The molecule has 2 aromatic heterocycles. The summed E-state index contributed by atoms with van der Waals surface area (Å²) in [6, 6.07) is 7.81. The van der Waals surface area contributed by atoms with Crippen LogP contribution in [0, 0.1) is 6.92 Å². The SMILES string of the molecule is Cc1cc2c(N(C)c3cc(C(F)F)ccn3)cc(OCCO)cc2n(C)c1=O. The third-order valence-corrected chi connectivity index (χ3v) is 4.56. The Morgan fingerprint density at radius 2 is 2.04 bits per heavy atom. The van der Waals surface area contributed by atoms with Crippen molar-refractivity contribution in [3.63, 3.8) is 0 Å². The Bertz CT molecular complexity index is 1070. The molecule has 6 nitrogen and oxygen atoms in total. The second-order valence-electron chi connectivity index (χ2n) is 6.45. The first-order valence-corrected chi connectivity index (χ1v) is 8.69.